The number of fused-ring (bicyclic) bond motifs is 1. The van der Waals surface area contributed by atoms with Crippen molar-refractivity contribution in [3.05, 3.63) is 96.1 Å². The minimum atomic E-state index is -0.244. The first kappa shape index (κ1) is 25.0. The Kier molecular flexibility index (Phi) is 7.52. The highest BCUT2D eigenvalue weighted by molar-refractivity contribution is 6.13. The quantitative estimate of drug-likeness (QED) is 0.283. The zero-order valence-corrected chi connectivity index (χ0v) is 22.1. The zero-order valence-electron chi connectivity index (χ0n) is 22.1. The van der Waals surface area contributed by atoms with Gasteiger partial charge in [-0.1, -0.05) is 99.6 Å². The molecule has 4 aromatic rings. The van der Waals surface area contributed by atoms with Crippen molar-refractivity contribution in [2.45, 2.75) is 32.7 Å². The van der Waals surface area contributed by atoms with E-state index in [4.69, 9.17) is 14.7 Å². The van der Waals surface area contributed by atoms with Gasteiger partial charge in [0, 0.05) is 17.5 Å². The van der Waals surface area contributed by atoms with Gasteiger partial charge in [0.25, 0.3) is 0 Å². The van der Waals surface area contributed by atoms with Crippen LogP contribution in [-0.2, 0) is 5.54 Å². The van der Waals surface area contributed by atoms with Crippen molar-refractivity contribution in [2.75, 3.05) is 32.8 Å². The van der Waals surface area contributed by atoms with E-state index in [0.717, 1.165) is 65.4 Å². The topological polar surface area (TPSA) is 49.8 Å². The molecular formula is C32H36N4O. The first-order valence-electron chi connectivity index (χ1n) is 13.4. The summed E-state index contributed by atoms with van der Waals surface area (Å²) in [5.74, 6) is 1.67. The molecule has 5 rings (SSSR count). The predicted molar refractivity (Wildman–Crippen MR) is 153 cm³/mol. The van der Waals surface area contributed by atoms with E-state index in [1.54, 1.807) is 0 Å². The number of aliphatic imine (C=N–C) groups is 1. The first-order valence-corrected chi connectivity index (χ1v) is 13.4. The van der Waals surface area contributed by atoms with Gasteiger partial charge in [-0.25, -0.2) is 4.98 Å². The van der Waals surface area contributed by atoms with Crippen molar-refractivity contribution >= 4 is 16.7 Å². The number of pyridine rings is 1. The number of aromatic nitrogens is 1. The number of likely N-dealkylation sites (N-methyl/N-ethyl adjacent to an activating group) is 1. The van der Waals surface area contributed by atoms with Crippen LogP contribution in [0.5, 0.6) is 5.75 Å². The van der Waals surface area contributed by atoms with Crippen molar-refractivity contribution in [1.29, 1.82) is 0 Å². The van der Waals surface area contributed by atoms with Gasteiger partial charge in [-0.05, 0) is 31.1 Å². The number of benzene rings is 3. The van der Waals surface area contributed by atoms with Crippen LogP contribution >= 0.6 is 0 Å². The molecule has 5 heteroatoms. The summed E-state index contributed by atoms with van der Waals surface area (Å²) in [5.41, 5.74) is 4.83. The second-order valence-electron chi connectivity index (χ2n) is 9.51. The number of para-hydroxylation sites is 1. The van der Waals surface area contributed by atoms with E-state index in [1.165, 1.54) is 5.56 Å². The maximum Gasteiger partial charge on any atom is 0.157 e. The third-order valence-electron chi connectivity index (χ3n) is 7.47. The number of nitrogens with one attached hydrogen (secondary N) is 1. The van der Waals surface area contributed by atoms with Crippen molar-refractivity contribution in [3.8, 4) is 17.0 Å². The summed E-state index contributed by atoms with van der Waals surface area (Å²) < 4.78 is 6.66. The Hall–Kier alpha value is -3.70. The molecule has 1 aliphatic heterocycles. The Bertz CT molecular complexity index is 1370. The fraction of sp³-hybridized carbons (Fsp3) is 0.312. The standard InChI is InChI=1S/C32H36N4O/c1-4-32(25-17-11-8-12-18-25)23-33-31(35-32)28-26-19-13-14-20-27(26)34-29(24-15-9-7-10-16-24)30(28)37-22-21-36(5-2)6-3/h7-20H,4-6,21-23H2,1-3H3,(H,33,35). The second-order valence-corrected chi connectivity index (χ2v) is 9.51. The molecule has 0 radical (unpaired) electrons. The maximum absolute atomic E-state index is 6.66. The van der Waals surface area contributed by atoms with Crippen molar-refractivity contribution < 1.29 is 4.74 Å². The molecular weight excluding hydrogens is 456 g/mol. The van der Waals surface area contributed by atoms with Gasteiger partial charge >= 0.3 is 0 Å². The number of rotatable bonds is 10. The fourth-order valence-corrected chi connectivity index (χ4v) is 5.16. The largest absolute Gasteiger partial charge is 0.489 e. The maximum atomic E-state index is 6.66. The molecule has 1 atom stereocenters. The summed E-state index contributed by atoms with van der Waals surface area (Å²) in [6, 6.07) is 29.3. The predicted octanol–water partition coefficient (Wildman–Crippen LogP) is 6.28. The van der Waals surface area contributed by atoms with Gasteiger partial charge in [0.2, 0.25) is 0 Å². The highest BCUT2D eigenvalue weighted by Gasteiger charge is 2.37. The number of hydrogen-bond donors (Lipinski definition) is 1. The van der Waals surface area contributed by atoms with Crippen LogP contribution in [0.1, 0.15) is 38.3 Å². The Morgan fingerprint density at radius 2 is 1.54 bits per heavy atom. The van der Waals surface area contributed by atoms with Crippen LogP contribution in [0.25, 0.3) is 22.2 Å². The minimum Gasteiger partial charge on any atom is -0.489 e. The molecule has 0 bridgehead atoms. The van der Waals surface area contributed by atoms with Gasteiger partial charge in [0.05, 0.1) is 23.2 Å². The van der Waals surface area contributed by atoms with E-state index >= 15 is 0 Å². The summed E-state index contributed by atoms with van der Waals surface area (Å²) in [6.45, 7) is 10.7. The molecule has 0 aliphatic carbocycles. The van der Waals surface area contributed by atoms with Crippen LogP contribution in [0.15, 0.2) is 89.9 Å². The summed E-state index contributed by atoms with van der Waals surface area (Å²) in [4.78, 5) is 12.6. The molecule has 190 valence electrons. The molecule has 0 saturated heterocycles. The molecule has 5 nitrogen and oxygen atoms in total. The van der Waals surface area contributed by atoms with Gasteiger partial charge < -0.3 is 15.0 Å². The number of nitrogens with zero attached hydrogens (tertiary/aromatic N) is 3. The van der Waals surface area contributed by atoms with Gasteiger partial charge in [-0.15, -0.1) is 0 Å². The van der Waals surface area contributed by atoms with Crippen LogP contribution in [0.3, 0.4) is 0 Å². The van der Waals surface area contributed by atoms with E-state index in [1.807, 2.05) is 12.1 Å². The number of hydrogen-bond acceptors (Lipinski definition) is 5. The molecule has 37 heavy (non-hydrogen) atoms. The lowest BCUT2D eigenvalue weighted by Gasteiger charge is -2.30. The van der Waals surface area contributed by atoms with E-state index in [0.29, 0.717) is 13.2 Å². The van der Waals surface area contributed by atoms with Crippen LogP contribution in [0.4, 0.5) is 0 Å². The molecule has 0 amide bonds. The van der Waals surface area contributed by atoms with Gasteiger partial charge in [0.1, 0.15) is 18.1 Å². The van der Waals surface area contributed by atoms with E-state index in [-0.39, 0.29) is 5.54 Å². The lowest BCUT2D eigenvalue weighted by Crippen LogP contribution is -2.42. The first-order chi connectivity index (χ1) is 18.2. The Morgan fingerprint density at radius 1 is 0.865 bits per heavy atom. The monoisotopic (exact) mass is 492 g/mol. The Labute approximate surface area is 220 Å². The van der Waals surface area contributed by atoms with Crippen LogP contribution < -0.4 is 10.1 Å². The molecule has 0 fully saturated rings. The molecule has 1 unspecified atom stereocenters. The van der Waals surface area contributed by atoms with Crippen LogP contribution in [0.2, 0.25) is 0 Å². The van der Waals surface area contributed by atoms with Gasteiger partial charge in [-0.2, -0.15) is 0 Å². The third kappa shape index (κ3) is 4.96. The SMILES string of the molecule is CCN(CC)CCOc1c(-c2ccccc2)nc2ccccc2c1C1=NCC(CC)(c2ccccc2)N1. The molecule has 1 aliphatic rings. The van der Waals surface area contributed by atoms with Gasteiger partial charge in [-0.3, -0.25) is 4.99 Å². The second kappa shape index (κ2) is 11.1. The Balaban J connectivity index is 1.64. The fourth-order valence-electron chi connectivity index (χ4n) is 5.16. The summed E-state index contributed by atoms with van der Waals surface area (Å²) in [5, 5.41) is 4.90. The highest BCUT2D eigenvalue weighted by Crippen LogP contribution is 2.39. The Morgan fingerprint density at radius 3 is 2.24 bits per heavy atom. The molecule has 1 aromatic heterocycles. The third-order valence-corrected chi connectivity index (χ3v) is 7.47. The molecule has 2 heterocycles. The zero-order chi connectivity index (χ0) is 25.7. The van der Waals surface area contributed by atoms with Crippen molar-refractivity contribution in [2.24, 2.45) is 4.99 Å². The van der Waals surface area contributed by atoms with E-state index in [9.17, 15) is 0 Å². The normalized spacial score (nSPS) is 17.1. The molecule has 3 aromatic carbocycles. The van der Waals surface area contributed by atoms with Crippen molar-refractivity contribution in [1.82, 2.24) is 15.2 Å². The highest BCUT2D eigenvalue weighted by atomic mass is 16.5. The van der Waals surface area contributed by atoms with Crippen LogP contribution in [0, 0.1) is 0 Å². The van der Waals surface area contributed by atoms with E-state index in [2.05, 4.69) is 104 Å². The van der Waals surface area contributed by atoms with Gasteiger partial charge in [0.15, 0.2) is 5.75 Å². The van der Waals surface area contributed by atoms with E-state index < -0.39 is 0 Å². The average Bonchev–Trinajstić information content (AvgIpc) is 3.41. The summed E-state index contributed by atoms with van der Waals surface area (Å²) >= 11 is 0. The summed E-state index contributed by atoms with van der Waals surface area (Å²) in [6.07, 6.45) is 0.927. The average molecular weight is 493 g/mol. The summed E-state index contributed by atoms with van der Waals surface area (Å²) in [7, 11) is 0. The number of amidine groups is 1. The van der Waals surface area contributed by atoms with Crippen LogP contribution in [-0.4, -0.2) is 48.5 Å². The van der Waals surface area contributed by atoms with Crippen molar-refractivity contribution in [3.63, 3.8) is 0 Å². The smallest absolute Gasteiger partial charge is 0.157 e. The lowest BCUT2D eigenvalue weighted by molar-refractivity contribution is 0.223. The molecule has 0 spiro atoms. The number of ether oxygens (including phenoxy) is 1. The lowest BCUT2D eigenvalue weighted by atomic mass is 9.88. The molecule has 0 saturated carbocycles. The molecule has 1 N–H and O–H groups in total. The minimum absolute atomic E-state index is 0.244.